The van der Waals surface area contributed by atoms with Crippen LogP contribution in [-0.4, -0.2) is 19.2 Å². The van der Waals surface area contributed by atoms with Crippen LogP contribution in [0.1, 0.15) is 31.0 Å². The maximum atomic E-state index is 11.5. The highest BCUT2D eigenvalue weighted by Gasteiger charge is 2.09. The Labute approximate surface area is 131 Å². The number of aryl methyl sites for hydroxylation is 1. The van der Waals surface area contributed by atoms with E-state index in [0.29, 0.717) is 5.69 Å². The number of hydrogen-bond donors (Lipinski definition) is 2. The van der Waals surface area contributed by atoms with E-state index < -0.39 is 10.0 Å². The van der Waals surface area contributed by atoms with Crippen molar-refractivity contribution < 1.29 is 8.42 Å². The van der Waals surface area contributed by atoms with Gasteiger partial charge in [0.15, 0.2) is 0 Å². The van der Waals surface area contributed by atoms with Gasteiger partial charge in [-0.15, -0.1) is 0 Å². The fraction of sp³-hybridized carbons (Fsp3) is 0.312. The first-order valence-electron chi connectivity index (χ1n) is 7.18. The molecule has 0 saturated carbocycles. The van der Waals surface area contributed by atoms with E-state index in [9.17, 15) is 8.42 Å². The van der Waals surface area contributed by atoms with Gasteiger partial charge in [0.2, 0.25) is 10.0 Å². The SMILES string of the molecule is CCS(=O)(=O)Nc1ccc(C(C)Nc2cncc(C)c2)cc1. The van der Waals surface area contributed by atoms with Crippen molar-refractivity contribution in [1.82, 2.24) is 4.98 Å². The smallest absolute Gasteiger partial charge is 0.232 e. The van der Waals surface area contributed by atoms with E-state index in [4.69, 9.17) is 0 Å². The van der Waals surface area contributed by atoms with Crippen LogP contribution < -0.4 is 10.0 Å². The molecule has 5 nitrogen and oxygen atoms in total. The number of nitrogens with zero attached hydrogens (tertiary/aromatic N) is 1. The predicted octanol–water partition coefficient (Wildman–Crippen LogP) is 3.32. The third kappa shape index (κ3) is 4.46. The monoisotopic (exact) mass is 319 g/mol. The van der Waals surface area contributed by atoms with Gasteiger partial charge in [0, 0.05) is 24.1 Å². The summed E-state index contributed by atoms with van der Waals surface area (Å²) in [5, 5.41) is 3.38. The van der Waals surface area contributed by atoms with Gasteiger partial charge in [-0.2, -0.15) is 0 Å². The number of rotatable bonds is 6. The van der Waals surface area contributed by atoms with Gasteiger partial charge in [-0.3, -0.25) is 9.71 Å². The van der Waals surface area contributed by atoms with E-state index >= 15 is 0 Å². The Morgan fingerprint density at radius 3 is 2.41 bits per heavy atom. The summed E-state index contributed by atoms with van der Waals surface area (Å²) in [5.41, 5.74) is 3.71. The van der Waals surface area contributed by atoms with Crippen LogP contribution in [0.3, 0.4) is 0 Å². The van der Waals surface area contributed by atoms with Crippen molar-refractivity contribution in [3.63, 3.8) is 0 Å². The first-order valence-corrected chi connectivity index (χ1v) is 8.83. The second-order valence-corrected chi connectivity index (χ2v) is 7.26. The zero-order valence-electron chi connectivity index (χ0n) is 13.0. The van der Waals surface area contributed by atoms with Crippen LogP contribution in [0.5, 0.6) is 0 Å². The fourth-order valence-corrected chi connectivity index (χ4v) is 2.70. The van der Waals surface area contributed by atoms with Gasteiger partial charge in [0.1, 0.15) is 0 Å². The Morgan fingerprint density at radius 2 is 1.82 bits per heavy atom. The van der Waals surface area contributed by atoms with Gasteiger partial charge in [0.25, 0.3) is 0 Å². The normalized spacial score (nSPS) is 12.7. The molecule has 1 unspecified atom stereocenters. The molecule has 6 heteroatoms. The fourth-order valence-electron chi connectivity index (χ4n) is 2.06. The lowest BCUT2D eigenvalue weighted by Gasteiger charge is -2.16. The van der Waals surface area contributed by atoms with Gasteiger partial charge in [-0.1, -0.05) is 12.1 Å². The largest absolute Gasteiger partial charge is 0.377 e. The molecule has 1 aromatic heterocycles. The summed E-state index contributed by atoms with van der Waals surface area (Å²) in [7, 11) is -3.23. The van der Waals surface area contributed by atoms with E-state index in [0.717, 1.165) is 16.8 Å². The molecule has 1 atom stereocenters. The topological polar surface area (TPSA) is 71.1 Å². The number of benzene rings is 1. The lowest BCUT2D eigenvalue weighted by molar-refractivity contribution is 0.602. The van der Waals surface area contributed by atoms with Crippen LogP contribution in [0.2, 0.25) is 0 Å². The molecule has 2 rings (SSSR count). The summed E-state index contributed by atoms with van der Waals surface area (Å²) in [5.74, 6) is 0.0626. The molecule has 0 amide bonds. The van der Waals surface area contributed by atoms with Gasteiger partial charge < -0.3 is 5.32 Å². The van der Waals surface area contributed by atoms with Crippen molar-refractivity contribution in [2.75, 3.05) is 15.8 Å². The molecule has 0 aliphatic heterocycles. The molecule has 1 aromatic carbocycles. The molecule has 0 radical (unpaired) electrons. The molecule has 2 N–H and O–H groups in total. The number of aromatic nitrogens is 1. The highest BCUT2D eigenvalue weighted by atomic mass is 32.2. The van der Waals surface area contributed by atoms with Crippen molar-refractivity contribution in [1.29, 1.82) is 0 Å². The number of pyridine rings is 1. The van der Waals surface area contributed by atoms with Crippen LogP contribution in [0, 0.1) is 6.92 Å². The molecule has 118 valence electrons. The van der Waals surface area contributed by atoms with E-state index in [1.807, 2.05) is 38.2 Å². The Bertz CT molecular complexity index is 727. The van der Waals surface area contributed by atoms with E-state index in [1.54, 1.807) is 25.3 Å². The molecule has 0 saturated heterocycles. The van der Waals surface area contributed by atoms with Crippen LogP contribution in [0.25, 0.3) is 0 Å². The Kier molecular flexibility index (Phi) is 5.03. The standard InChI is InChI=1S/C16H21N3O2S/c1-4-22(20,21)19-15-7-5-14(6-8-15)13(3)18-16-9-12(2)10-17-11-16/h5-11,13,18-19H,4H2,1-3H3. The number of hydrogen-bond acceptors (Lipinski definition) is 4. The van der Waals surface area contributed by atoms with Gasteiger partial charge in [-0.25, -0.2) is 8.42 Å². The van der Waals surface area contributed by atoms with Crippen LogP contribution in [0.15, 0.2) is 42.7 Å². The highest BCUT2D eigenvalue weighted by molar-refractivity contribution is 7.92. The van der Waals surface area contributed by atoms with Crippen LogP contribution in [0.4, 0.5) is 11.4 Å². The molecule has 0 aliphatic carbocycles. The summed E-state index contributed by atoms with van der Waals surface area (Å²) in [4.78, 5) is 4.16. The van der Waals surface area contributed by atoms with Crippen LogP contribution >= 0.6 is 0 Å². The predicted molar refractivity (Wildman–Crippen MR) is 90.5 cm³/mol. The highest BCUT2D eigenvalue weighted by Crippen LogP contribution is 2.21. The zero-order valence-corrected chi connectivity index (χ0v) is 13.8. The maximum absolute atomic E-state index is 11.5. The number of nitrogens with one attached hydrogen (secondary N) is 2. The quantitative estimate of drug-likeness (QED) is 0.857. The molecule has 0 fully saturated rings. The number of anilines is 2. The Morgan fingerprint density at radius 1 is 1.14 bits per heavy atom. The molecule has 0 bridgehead atoms. The molecular formula is C16H21N3O2S. The second kappa shape index (κ2) is 6.79. The van der Waals surface area contributed by atoms with E-state index in [-0.39, 0.29) is 11.8 Å². The molecule has 0 spiro atoms. The average molecular weight is 319 g/mol. The summed E-state index contributed by atoms with van der Waals surface area (Å²) >= 11 is 0. The third-order valence-corrected chi connectivity index (χ3v) is 4.63. The van der Waals surface area contributed by atoms with Crippen molar-refractivity contribution >= 4 is 21.4 Å². The molecule has 2 aromatic rings. The minimum Gasteiger partial charge on any atom is -0.377 e. The average Bonchev–Trinajstić information content (AvgIpc) is 2.47. The van der Waals surface area contributed by atoms with E-state index in [2.05, 4.69) is 15.0 Å². The third-order valence-electron chi connectivity index (χ3n) is 3.32. The molecule has 0 aliphatic rings. The van der Waals surface area contributed by atoms with Crippen molar-refractivity contribution in [2.24, 2.45) is 0 Å². The number of sulfonamides is 1. The van der Waals surface area contributed by atoms with Crippen molar-refractivity contribution in [2.45, 2.75) is 26.8 Å². The maximum Gasteiger partial charge on any atom is 0.232 e. The van der Waals surface area contributed by atoms with Gasteiger partial charge in [0.05, 0.1) is 11.4 Å². The summed E-state index contributed by atoms with van der Waals surface area (Å²) < 4.78 is 25.6. The van der Waals surface area contributed by atoms with Crippen molar-refractivity contribution in [3.05, 3.63) is 53.9 Å². The van der Waals surface area contributed by atoms with E-state index in [1.165, 1.54) is 0 Å². The van der Waals surface area contributed by atoms with Gasteiger partial charge in [-0.05, 0) is 50.1 Å². The first-order chi connectivity index (χ1) is 10.4. The lowest BCUT2D eigenvalue weighted by atomic mass is 10.1. The minimum absolute atomic E-state index is 0.0626. The zero-order chi connectivity index (χ0) is 16.2. The van der Waals surface area contributed by atoms with Crippen molar-refractivity contribution in [3.8, 4) is 0 Å². The summed E-state index contributed by atoms with van der Waals surface area (Å²) in [6, 6.07) is 9.50. The lowest BCUT2D eigenvalue weighted by Crippen LogP contribution is -2.14. The van der Waals surface area contributed by atoms with Gasteiger partial charge >= 0.3 is 0 Å². The minimum atomic E-state index is -3.23. The summed E-state index contributed by atoms with van der Waals surface area (Å²) in [6.45, 7) is 5.66. The molecular weight excluding hydrogens is 298 g/mol. The first kappa shape index (κ1) is 16.3. The summed E-state index contributed by atoms with van der Waals surface area (Å²) in [6.07, 6.45) is 3.59. The second-order valence-electron chi connectivity index (χ2n) is 5.24. The Balaban J connectivity index is 2.06. The van der Waals surface area contributed by atoms with Crippen LogP contribution in [-0.2, 0) is 10.0 Å². The molecule has 22 heavy (non-hydrogen) atoms. The Hall–Kier alpha value is -2.08. The molecule has 1 heterocycles.